The van der Waals surface area contributed by atoms with Crippen LogP contribution in [-0.2, 0) is 16.8 Å². The SMILES string of the molecule is CC1(c2ccc3c(c2)Cc2ccccc2-3)CO1. The maximum atomic E-state index is 5.52. The third-order valence-corrected chi connectivity index (χ3v) is 3.98. The largest absolute Gasteiger partial charge is 0.365 e. The third-order valence-electron chi connectivity index (χ3n) is 3.98. The van der Waals surface area contributed by atoms with E-state index in [1.54, 1.807) is 0 Å². The van der Waals surface area contributed by atoms with Crippen LogP contribution < -0.4 is 0 Å². The molecule has 2 aromatic carbocycles. The highest BCUT2D eigenvalue weighted by atomic mass is 16.6. The first-order valence-electron chi connectivity index (χ1n) is 6.12. The van der Waals surface area contributed by atoms with E-state index in [4.69, 9.17) is 4.74 Å². The molecule has 0 spiro atoms. The molecule has 0 N–H and O–H groups in total. The summed E-state index contributed by atoms with van der Waals surface area (Å²) in [7, 11) is 0. The zero-order chi connectivity index (χ0) is 11.5. The highest BCUT2D eigenvalue weighted by molar-refractivity contribution is 5.77. The Morgan fingerprint density at radius 2 is 1.76 bits per heavy atom. The zero-order valence-corrected chi connectivity index (χ0v) is 9.86. The second kappa shape index (κ2) is 2.99. The van der Waals surface area contributed by atoms with Gasteiger partial charge in [0.2, 0.25) is 0 Å². The van der Waals surface area contributed by atoms with Gasteiger partial charge in [0.15, 0.2) is 0 Å². The number of ether oxygens (including phenoxy) is 1. The van der Waals surface area contributed by atoms with Crippen LogP contribution in [0.15, 0.2) is 42.5 Å². The Bertz CT molecular complexity index is 609. The first kappa shape index (κ1) is 9.43. The minimum atomic E-state index is -0.0101. The van der Waals surface area contributed by atoms with Crippen molar-refractivity contribution in [1.29, 1.82) is 0 Å². The molecule has 1 heteroatoms. The summed E-state index contributed by atoms with van der Waals surface area (Å²) in [6.07, 6.45) is 1.06. The van der Waals surface area contributed by atoms with Gasteiger partial charge in [-0.3, -0.25) is 0 Å². The highest BCUT2D eigenvalue weighted by Gasteiger charge is 2.41. The van der Waals surface area contributed by atoms with Crippen LogP contribution in [-0.4, -0.2) is 6.61 Å². The maximum absolute atomic E-state index is 5.52. The third kappa shape index (κ3) is 1.29. The topological polar surface area (TPSA) is 12.5 Å². The van der Waals surface area contributed by atoms with Crippen LogP contribution in [0, 0.1) is 0 Å². The minimum Gasteiger partial charge on any atom is -0.365 e. The Kier molecular flexibility index (Phi) is 1.66. The van der Waals surface area contributed by atoms with Gasteiger partial charge in [-0.15, -0.1) is 0 Å². The Labute approximate surface area is 101 Å². The van der Waals surface area contributed by atoms with Crippen molar-refractivity contribution >= 4 is 0 Å². The van der Waals surface area contributed by atoms with Crippen LogP contribution in [0.1, 0.15) is 23.6 Å². The van der Waals surface area contributed by atoms with Gasteiger partial charge in [0, 0.05) is 0 Å². The van der Waals surface area contributed by atoms with Gasteiger partial charge in [0.1, 0.15) is 5.60 Å². The first-order chi connectivity index (χ1) is 8.26. The molecule has 1 unspecified atom stereocenters. The van der Waals surface area contributed by atoms with Crippen molar-refractivity contribution in [3.05, 3.63) is 59.2 Å². The van der Waals surface area contributed by atoms with E-state index in [0.29, 0.717) is 0 Å². The van der Waals surface area contributed by atoms with Crippen LogP contribution in [0.2, 0.25) is 0 Å². The summed E-state index contributed by atoms with van der Waals surface area (Å²) in [4.78, 5) is 0. The van der Waals surface area contributed by atoms with Crippen molar-refractivity contribution in [2.45, 2.75) is 18.9 Å². The monoisotopic (exact) mass is 222 g/mol. The van der Waals surface area contributed by atoms with Crippen molar-refractivity contribution in [2.24, 2.45) is 0 Å². The molecule has 1 fully saturated rings. The second-order valence-corrected chi connectivity index (χ2v) is 5.23. The average Bonchev–Trinajstić information content (AvgIpc) is 3.00. The number of hydrogen-bond acceptors (Lipinski definition) is 1. The summed E-state index contributed by atoms with van der Waals surface area (Å²) in [6, 6.07) is 15.5. The van der Waals surface area contributed by atoms with Crippen LogP contribution in [0.5, 0.6) is 0 Å². The standard InChI is InChI=1S/C16H14O/c1-16(10-17-16)13-6-7-15-12(9-13)8-11-4-2-3-5-14(11)15/h2-7,9H,8,10H2,1H3. The van der Waals surface area contributed by atoms with E-state index in [2.05, 4.69) is 49.4 Å². The molecule has 0 amide bonds. The van der Waals surface area contributed by atoms with Crippen molar-refractivity contribution in [2.75, 3.05) is 6.61 Å². The summed E-state index contributed by atoms with van der Waals surface area (Å²) in [6.45, 7) is 3.02. The normalized spacial score (nSPS) is 24.3. The lowest BCUT2D eigenvalue weighted by atomic mass is 9.97. The molecular weight excluding hydrogens is 208 g/mol. The number of rotatable bonds is 1. The molecule has 2 aromatic rings. The summed E-state index contributed by atoms with van der Waals surface area (Å²) < 4.78 is 5.52. The van der Waals surface area contributed by atoms with Crippen molar-refractivity contribution in [3.8, 4) is 11.1 Å². The molecule has 1 heterocycles. The molecule has 1 saturated heterocycles. The lowest BCUT2D eigenvalue weighted by molar-refractivity contribution is 0.329. The molecule has 0 aromatic heterocycles. The fraction of sp³-hybridized carbons (Fsp3) is 0.250. The number of hydrogen-bond donors (Lipinski definition) is 0. The van der Waals surface area contributed by atoms with Gasteiger partial charge >= 0.3 is 0 Å². The summed E-state index contributed by atoms with van der Waals surface area (Å²) >= 11 is 0. The van der Waals surface area contributed by atoms with Crippen molar-refractivity contribution in [1.82, 2.24) is 0 Å². The van der Waals surface area contributed by atoms with E-state index in [1.165, 1.54) is 27.8 Å². The van der Waals surface area contributed by atoms with Crippen LogP contribution in [0.25, 0.3) is 11.1 Å². The van der Waals surface area contributed by atoms with Gasteiger partial charge in [-0.05, 0) is 41.2 Å². The molecule has 1 nitrogen and oxygen atoms in total. The minimum absolute atomic E-state index is 0.0101. The van der Waals surface area contributed by atoms with Crippen molar-refractivity contribution < 1.29 is 4.74 Å². The lowest BCUT2D eigenvalue weighted by Gasteiger charge is -2.08. The van der Waals surface area contributed by atoms with Crippen LogP contribution >= 0.6 is 0 Å². The summed E-state index contributed by atoms with van der Waals surface area (Å²) in [5.74, 6) is 0. The molecule has 0 bridgehead atoms. The molecule has 84 valence electrons. The number of benzene rings is 2. The van der Waals surface area contributed by atoms with Gasteiger partial charge in [-0.25, -0.2) is 0 Å². The van der Waals surface area contributed by atoms with Gasteiger partial charge in [0.25, 0.3) is 0 Å². The predicted octanol–water partition coefficient (Wildman–Crippen LogP) is 3.50. The Morgan fingerprint density at radius 1 is 1.00 bits per heavy atom. The van der Waals surface area contributed by atoms with E-state index in [-0.39, 0.29) is 5.60 Å². The van der Waals surface area contributed by atoms with E-state index in [1.807, 2.05) is 0 Å². The van der Waals surface area contributed by atoms with Crippen molar-refractivity contribution in [3.63, 3.8) is 0 Å². The van der Waals surface area contributed by atoms with Crippen LogP contribution in [0.4, 0.5) is 0 Å². The fourth-order valence-corrected chi connectivity index (χ4v) is 2.75. The van der Waals surface area contributed by atoms with Gasteiger partial charge in [0.05, 0.1) is 6.61 Å². The van der Waals surface area contributed by atoms with Gasteiger partial charge in [-0.2, -0.15) is 0 Å². The Morgan fingerprint density at radius 3 is 2.59 bits per heavy atom. The summed E-state index contributed by atoms with van der Waals surface area (Å²) in [5.41, 5.74) is 7.00. The number of fused-ring (bicyclic) bond motifs is 3. The van der Waals surface area contributed by atoms with E-state index < -0.39 is 0 Å². The molecule has 1 aliphatic carbocycles. The molecule has 2 aliphatic rings. The second-order valence-electron chi connectivity index (χ2n) is 5.23. The first-order valence-corrected chi connectivity index (χ1v) is 6.12. The summed E-state index contributed by atoms with van der Waals surface area (Å²) in [5, 5.41) is 0. The van der Waals surface area contributed by atoms with Gasteiger partial charge < -0.3 is 4.74 Å². The Hall–Kier alpha value is -1.60. The van der Waals surface area contributed by atoms with Crippen LogP contribution in [0.3, 0.4) is 0 Å². The zero-order valence-electron chi connectivity index (χ0n) is 9.86. The number of epoxide rings is 1. The maximum Gasteiger partial charge on any atom is 0.114 e. The fourth-order valence-electron chi connectivity index (χ4n) is 2.75. The lowest BCUT2D eigenvalue weighted by Crippen LogP contribution is -2.02. The quantitative estimate of drug-likeness (QED) is 0.574. The molecule has 0 saturated carbocycles. The molecule has 0 radical (unpaired) electrons. The smallest absolute Gasteiger partial charge is 0.114 e. The molecule has 4 rings (SSSR count). The predicted molar refractivity (Wildman–Crippen MR) is 68.0 cm³/mol. The highest BCUT2D eigenvalue weighted by Crippen LogP contribution is 2.42. The average molecular weight is 222 g/mol. The van der Waals surface area contributed by atoms with E-state index in [9.17, 15) is 0 Å². The Balaban J connectivity index is 1.86. The van der Waals surface area contributed by atoms with Gasteiger partial charge in [-0.1, -0.05) is 42.5 Å². The van der Waals surface area contributed by atoms with E-state index >= 15 is 0 Å². The molecule has 17 heavy (non-hydrogen) atoms. The molecule has 1 aliphatic heterocycles. The molecule has 1 atom stereocenters. The van der Waals surface area contributed by atoms with E-state index in [0.717, 1.165) is 13.0 Å². The molecular formula is C16H14O.